The molecule has 0 radical (unpaired) electrons. The van der Waals surface area contributed by atoms with Crippen molar-refractivity contribution in [2.45, 2.75) is 6.10 Å². The van der Waals surface area contributed by atoms with Crippen LogP contribution < -0.4 is 0 Å². The van der Waals surface area contributed by atoms with Crippen LogP contribution >= 0.6 is 11.6 Å². The molecule has 0 aliphatic carbocycles. The number of aliphatic hydroxyl groups is 2. The molecule has 2 heterocycles. The van der Waals surface area contributed by atoms with Crippen LogP contribution in [0.3, 0.4) is 0 Å². The third kappa shape index (κ3) is 1.43. The van der Waals surface area contributed by atoms with Crippen molar-refractivity contribution < 1.29 is 10.2 Å². The first-order chi connectivity index (χ1) is 6.72. The summed E-state index contributed by atoms with van der Waals surface area (Å²) in [6.07, 6.45) is 0.223. The Morgan fingerprint density at radius 1 is 1.50 bits per heavy atom. The molecule has 6 nitrogen and oxygen atoms in total. The number of halogens is 1. The number of hydrogen-bond donors (Lipinski definition) is 3. The summed E-state index contributed by atoms with van der Waals surface area (Å²) in [6.45, 7) is -0.412. The van der Waals surface area contributed by atoms with E-state index in [9.17, 15) is 5.11 Å². The van der Waals surface area contributed by atoms with Gasteiger partial charge in [-0.05, 0) is 0 Å². The number of aliphatic hydroxyl groups excluding tert-OH is 2. The van der Waals surface area contributed by atoms with Crippen molar-refractivity contribution in [3.8, 4) is 0 Å². The van der Waals surface area contributed by atoms with Crippen LogP contribution in [0.15, 0.2) is 6.33 Å². The molecule has 2 aromatic heterocycles. The fraction of sp³-hybridized carbons (Fsp3) is 0.286. The maximum absolute atomic E-state index is 9.29. The fourth-order valence-electron chi connectivity index (χ4n) is 1.06. The third-order valence-electron chi connectivity index (χ3n) is 1.75. The Balaban J connectivity index is 2.56. The number of aromatic nitrogens is 4. The van der Waals surface area contributed by atoms with Gasteiger partial charge in [0.15, 0.2) is 10.8 Å². The highest BCUT2D eigenvalue weighted by Crippen LogP contribution is 2.18. The highest BCUT2D eigenvalue weighted by atomic mass is 35.5. The molecule has 0 saturated heterocycles. The molecule has 0 saturated carbocycles. The molecule has 0 aliphatic rings. The molecule has 0 spiro atoms. The van der Waals surface area contributed by atoms with E-state index in [4.69, 9.17) is 16.7 Å². The monoisotopic (exact) mass is 214 g/mol. The van der Waals surface area contributed by atoms with Gasteiger partial charge >= 0.3 is 0 Å². The summed E-state index contributed by atoms with van der Waals surface area (Å²) in [5.74, 6) is 0.227. The smallest absolute Gasteiger partial charge is 0.182 e. The second-order valence-corrected chi connectivity index (χ2v) is 3.04. The molecule has 0 aliphatic heterocycles. The van der Waals surface area contributed by atoms with Gasteiger partial charge in [-0.3, -0.25) is 0 Å². The van der Waals surface area contributed by atoms with Crippen molar-refractivity contribution >= 4 is 22.8 Å². The molecule has 7 heteroatoms. The number of H-pyrrole nitrogens is 1. The summed E-state index contributed by atoms with van der Waals surface area (Å²) in [7, 11) is 0. The van der Waals surface area contributed by atoms with Gasteiger partial charge in [0, 0.05) is 0 Å². The second-order valence-electron chi connectivity index (χ2n) is 2.68. The number of imidazole rings is 1. The Labute approximate surface area is 83.6 Å². The van der Waals surface area contributed by atoms with E-state index in [-0.39, 0.29) is 11.0 Å². The number of nitrogens with zero attached hydrogens (tertiary/aromatic N) is 3. The predicted molar refractivity (Wildman–Crippen MR) is 48.7 cm³/mol. The summed E-state index contributed by atoms with van der Waals surface area (Å²) in [4.78, 5) is 14.3. The number of nitrogens with one attached hydrogen (secondary N) is 1. The number of rotatable bonds is 2. The maximum Gasteiger partial charge on any atom is 0.182 e. The maximum atomic E-state index is 9.29. The molecule has 2 rings (SSSR count). The molecule has 0 bridgehead atoms. The molecule has 74 valence electrons. The van der Waals surface area contributed by atoms with E-state index in [1.807, 2.05) is 0 Å². The molecule has 0 unspecified atom stereocenters. The van der Waals surface area contributed by atoms with E-state index >= 15 is 0 Å². The molecule has 14 heavy (non-hydrogen) atoms. The van der Waals surface area contributed by atoms with E-state index in [0.717, 1.165) is 0 Å². The van der Waals surface area contributed by atoms with Gasteiger partial charge in [0.05, 0.1) is 6.61 Å². The van der Waals surface area contributed by atoms with Crippen molar-refractivity contribution in [1.29, 1.82) is 0 Å². The van der Waals surface area contributed by atoms with Crippen LogP contribution in [-0.4, -0.2) is 36.8 Å². The van der Waals surface area contributed by atoms with Crippen LogP contribution in [0.1, 0.15) is 11.9 Å². The summed E-state index contributed by atoms with van der Waals surface area (Å²) in [5, 5.41) is 18.2. The lowest BCUT2D eigenvalue weighted by atomic mass is 10.4. The minimum Gasteiger partial charge on any atom is -0.393 e. The second kappa shape index (κ2) is 3.49. The first-order valence-corrected chi connectivity index (χ1v) is 4.25. The van der Waals surface area contributed by atoms with Crippen LogP contribution in [0, 0.1) is 0 Å². The summed E-state index contributed by atoms with van der Waals surface area (Å²) in [6, 6.07) is 0. The summed E-state index contributed by atoms with van der Waals surface area (Å²) >= 11 is 5.75. The third-order valence-corrected chi connectivity index (χ3v) is 2.04. The first kappa shape index (κ1) is 9.32. The van der Waals surface area contributed by atoms with E-state index in [2.05, 4.69) is 19.9 Å². The zero-order valence-corrected chi connectivity index (χ0v) is 7.73. The van der Waals surface area contributed by atoms with Gasteiger partial charge in [-0.2, -0.15) is 0 Å². The molecule has 0 aromatic carbocycles. The molecular formula is C7H7ClN4O2. The molecule has 0 fully saturated rings. The van der Waals surface area contributed by atoms with Gasteiger partial charge in [0.1, 0.15) is 23.8 Å². The number of fused-ring (bicyclic) bond motifs is 1. The van der Waals surface area contributed by atoms with E-state index in [0.29, 0.717) is 11.2 Å². The van der Waals surface area contributed by atoms with E-state index in [1.165, 1.54) is 6.33 Å². The van der Waals surface area contributed by atoms with Gasteiger partial charge in [-0.25, -0.2) is 15.0 Å². The van der Waals surface area contributed by atoms with Gasteiger partial charge in [-0.15, -0.1) is 0 Å². The average molecular weight is 215 g/mol. The highest BCUT2D eigenvalue weighted by Gasteiger charge is 2.13. The topological polar surface area (TPSA) is 94.9 Å². The number of hydrogen-bond acceptors (Lipinski definition) is 5. The Morgan fingerprint density at radius 3 is 2.93 bits per heavy atom. The Bertz CT molecular complexity index is 458. The van der Waals surface area contributed by atoms with Crippen LogP contribution in [0.2, 0.25) is 5.15 Å². The molecule has 3 N–H and O–H groups in total. The lowest BCUT2D eigenvalue weighted by molar-refractivity contribution is 0.0895. The zero-order chi connectivity index (χ0) is 10.1. The van der Waals surface area contributed by atoms with Crippen LogP contribution in [0.25, 0.3) is 11.2 Å². The molecule has 1 atom stereocenters. The lowest BCUT2D eigenvalue weighted by Gasteiger charge is -2.00. The number of aromatic amines is 1. The molecular weight excluding hydrogens is 208 g/mol. The Morgan fingerprint density at radius 2 is 2.29 bits per heavy atom. The van der Waals surface area contributed by atoms with Crippen molar-refractivity contribution in [3.05, 3.63) is 17.3 Å². The van der Waals surface area contributed by atoms with Crippen LogP contribution in [-0.2, 0) is 0 Å². The van der Waals surface area contributed by atoms with Gasteiger partial charge in [0.25, 0.3) is 0 Å². The van der Waals surface area contributed by atoms with Gasteiger partial charge in [-0.1, -0.05) is 11.6 Å². The standard InChI is InChI=1S/C7H7ClN4O2/c8-5-4-7(10-2-9-5)12-6(11-4)3(14)1-13/h2-3,13-14H,1H2,(H,9,10,11,12)/t3-/m1/s1. The van der Waals surface area contributed by atoms with E-state index in [1.54, 1.807) is 0 Å². The van der Waals surface area contributed by atoms with Crippen LogP contribution in [0.4, 0.5) is 0 Å². The van der Waals surface area contributed by atoms with Gasteiger partial charge < -0.3 is 15.2 Å². The first-order valence-electron chi connectivity index (χ1n) is 3.87. The molecule has 0 amide bonds. The summed E-state index contributed by atoms with van der Waals surface area (Å²) in [5.41, 5.74) is 0.823. The molecule has 2 aromatic rings. The lowest BCUT2D eigenvalue weighted by Crippen LogP contribution is -2.04. The zero-order valence-electron chi connectivity index (χ0n) is 6.98. The van der Waals surface area contributed by atoms with E-state index < -0.39 is 12.7 Å². The minimum atomic E-state index is -1.06. The van der Waals surface area contributed by atoms with Crippen molar-refractivity contribution in [2.75, 3.05) is 6.61 Å². The largest absolute Gasteiger partial charge is 0.393 e. The van der Waals surface area contributed by atoms with Crippen molar-refractivity contribution in [2.24, 2.45) is 0 Å². The highest BCUT2D eigenvalue weighted by molar-refractivity contribution is 6.33. The SMILES string of the molecule is OC[C@@H](O)c1nc2ncnc(Cl)c2[nH]1. The summed E-state index contributed by atoms with van der Waals surface area (Å²) < 4.78 is 0. The average Bonchev–Trinajstić information content (AvgIpc) is 2.62. The van der Waals surface area contributed by atoms with Crippen molar-refractivity contribution in [1.82, 2.24) is 19.9 Å². The Hall–Kier alpha value is -1.24. The van der Waals surface area contributed by atoms with Gasteiger partial charge in [0.2, 0.25) is 0 Å². The Kier molecular flexibility index (Phi) is 2.32. The normalized spacial score (nSPS) is 13.4. The fourth-order valence-corrected chi connectivity index (χ4v) is 1.24. The quantitative estimate of drug-likeness (QED) is 0.614. The van der Waals surface area contributed by atoms with Crippen LogP contribution in [0.5, 0.6) is 0 Å². The minimum absolute atomic E-state index is 0.227. The van der Waals surface area contributed by atoms with Crippen molar-refractivity contribution in [3.63, 3.8) is 0 Å². The predicted octanol–water partition coefficient (Wildman–Crippen LogP) is 0.0320.